The van der Waals surface area contributed by atoms with E-state index in [-0.39, 0.29) is 16.8 Å². The third kappa shape index (κ3) is 3.38. The lowest BCUT2D eigenvalue weighted by molar-refractivity contribution is 0.0695. The van der Waals surface area contributed by atoms with Crippen LogP contribution in [0.25, 0.3) is 0 Å². The molecule has 0 radical (unpaired) electrons. The number of anilines is 1. The summed E-state index contributed by atoms with van der Waals surface area (Å²) in [6.45, 7) is 3.41. The van der Waals surface area contributed by atoms with Gasteiger partial charge in [0.25, 0.3) is 0 Å². The topological polar surface area (TPSA) is 118 Å². The molecule has 1 rings (SSSR count). The number of sulfonamides is 1. The van der Waals surface area contributed by atoms with Crippen molar-refractivity contribution in [2.45, 2.75) is 26.7 Å². The molecule has 0 aromatic heterocycles. The molecule has 0 saturated heterocycles. The van der Waals surface area contributed by atoms with E-state index < -0.39 is 21.9 Å². The van der Waals surface area contributed by atoms with Gasteiger partial charge in [-0.05, 0) is 30.5 Å². The van der Waals surface area contributed by atoms with Crippen molar-refractivity contribution in [1.82, 2.24) is 0 Å². The van der Waals surface area contributed by atoms with Gasteiger partial charge in [-0.2, -0.15) is 0 Å². The van der Waals surface area contributed by atoms with Crippen LogP contribution >= 0.6 is 0 Å². The van der Waals surface area contributed by atoms with E-state index in [9.17, 15) is 23.1 Å². The molecule has 22 heavy (non-hydrogen) atoms. The summed E-state index contributed by atoms with van der Waals surface area (Å²) < 4.78 is 24.4. The second kappa shape index (κ2) is 6.35. The Balaban J connectivity index is 3.84. The number of primary amides is 1. The van der Waals surface area contributed by atoms with Gasteiger partial charge in [0.1, 0.15) is 0 Å². The van der Waals surface area contributed by atoms with Gasteiger partial charge in [-0.1, -0.05) is 13.3 Å². The average molecular weight is 328 g/mol. The first-order valence-corrected chi connectivity index (χ1v) is 8.50. The van der Waals surface area contributed by atoms with E-state index >= 15 is 0 Å². The van der Waals surface area contributed by atoms with E-state index in [0.717, 1.165) is 10.6 Å². The fourth-order valence-corrected chi connectivity index (χ4v) is 2.91. The van der Waals surface area contributed by atoms with E-state index in [1.807, 2.05) is 6.92 Å². The average Bonchev–Trinajstić information content (AvgIpc) is 2.36. The molecule has 0 aliphatic heterocycles. The summed E-state index contributed by atoms with van der Waals surface area (Å²) in [6, 6.07) is 1.27. The maximum absolute atomic E-state index is 11.8. The molecule has 0 aliphatic carbocycles. The van der Waals surface area contributed by atoms with Crippen molar-refractivity contribution in [3.05, 3.63) is 28.3 Å². The number of benzene rings is 1. The minimum atomic E-state index is -3.60. The van der Waals surface area contributed by atoms with Crippen molar-refractivity contribution < 1.29 is 23.1 Å². The summed E-state index contributed by atoms with van der Waals surface area (Å²) in [4.78, 5) is 23.3. The maximum atomic E-state index is 11.8. The van der Waals surface area contributed by atoms with Crippen LogP contribution in [0.5, 0.6) is 0 Å². The zero-order chi connectivity index (χ0) is 17.2. The summed E-state index contributed by atoms with van der Waals surface area (Å²) in [5.74, 6) is -2.00. The zero-order valence-electron chi connectivity index (χ0n) is 13.0. The van der Waals surface area contributed by atoms with E-state index in [1.165, 1.54) is 13.1 Å². The number of aromatic carboxylic acids is 1. The van der Waals surface area contributed by atoms with Crippen LogP contribution in [-0.4, -0.2) is 38.7 Å². The van der Waals surface area contributed by atoms with Crippen LogP contribution in [0.2, 0.25) is 0 Å². The Morgan fingerprint density at radius 2 is 1.91 bits per heavy atom. The van der Waals surface area contributed by atoms with Gasteiger partial charge in [0.15, 0.2) is 0 Å². The highest BCUT2D eigenvalue weighted by Gasteiger charge is 2.25. The number of rotatable bonds is 6. The Hall–Kier alpha value is -2.09. The fourth-order valence-electron chi connectivity index (χ4n) is 2.36. The first kappa shape index (κ1) is 18.0. The SMILES string of the molecule is CCCc1c(C(=O)O)cc(N(C)S(C)(=O)=O)c(C)c1C(N)=O. The number of nitrogens with two attached hydrogens (primary N) is 1. The second-order valence-corrected chi connectivity index (χ2v) is 7.09. The largest absolute Gasteiger partial charge is 0.478 e. The lowest BCUT2D eigenvalue weighted by Gasteiger charge is -2.23. The summed E-state index contributed by atoms with van der Waals surface area (Å²) in [5.41, 5.74) is 6.19. The molecule has 0 atom stereocenters. The molecule has 122 valence electrons. The standard InChI is InChI=1S/C14H20N2O5S/c1-5-6-9-10(14(18)19)7-11(16(3)22(4,20)21)8(2)12(9)13(15)17/h7H,5-6H2,1-4H3,(H2,15,17)(H,18,19). The number of carboxylic acid groups (broad SMARTS) is 1. The number of carbonyl (C=O) groups excluding carboxylic acids is 1. The number of carboxylic acids is 1. The molecule has 3 N–H and O–H groups in total. The number of hydrogen-bond donors (Lipinski definition) is 2. The summed E-state index contributed by atoms with van der Waals surface area (Å²) >= 11 is 0. The van der Waals surface area contributed by atoms with Crippen LogP contribution < -0.4 is 10.0 Å². The Bertz CT molecular complexity index is 725. The highest BCUT2D eigenvalue weighted by Crippen LogP contribution is 2.31. The van der Waals surface area contributed by atoms with Gasteiger partial charge in [-0.3, -0.25) is 9.10 Å². The van der Waals surface area contributed by atoms with Gasteiger partial charge < -0.3 is 10.8 Å². The van der Waals surface area contributed by atoms with Crippen LogP contribution in [0.4, 0.5) is 5.69 Å². The monoisotopic (exact) mass is 328 g/mol. The molecular formula is C14H20N2O5S. The van der Waals surface area contributed by atoms with Crippen LogP contribution in [0.1, 0.15) is 45.2 Å². The van der Waals surface area contributed by atoms with Gasteiger partial charge in [0.05, 0.1) is 17.5 Å². The van der Waals surface area contributed by atoms with Crippen LogP contribution in [0, 0.1) is 6.92 Å². The molecular weight excluding hydrogens is 308 g/mol. The Morgan fingerprint density at radius 1 is 1.36 bits per heavy atom. The molecule has 7 nitrogen and oxygen atoms in total. The van der Waals surface area contributed by atoms with E-state index in [1.54, 1.807) is 6.92 Å². The molecule has 0 spiro atoms. The Labute approximate surface area is 129 Å². The first-order chi connectivity index (χ1) is 10.0. The third-order valence-electron chi connectivity index (χ3n) is 3.48. The van der Waals surface area contributed by atoms with Gasteiger partial charge in [-0.25, -0.2) is 13.2 Å². The van der Waals surface area contributed by atoms with Crippen LogP contribution in [0.15, 0.2) is 6.07 Å². The van der Waals surface area contributed by atoms with Crippen molar-refractivity contribution in [3.8, 4) is 0 Å². The van der Waals surface area contributed by atoms with Crippen molar-refractivity contribution in [3.63, 3.8) is 0 Å². The molecule has 1 aromatic rings. The van der Waals surface area contributed by atoms with E-state index in [0.29, 0.717) is 24.0 Å². The highest BCUT2D eigenvalue weighted by molar-refractivity contribution is 7.92. The van der Waals surface area contributed by atoms with Gasteiger partial charge >= 0.3 is 5.97 Å². The second-order valence-electron chi connectivity index (χ2n) is 5.07. The van der Waals surface area contributed by atoms with Crippen LogP contribution in [-0.2, 0) is 16.4 Å². The zero-order valence-corrected chi connectivity index (χ0v) is 13.8. The molecule has 0 heterocycles. The molecule has 8 heteroatoms. The third-order valence-corrected chi connectivity index (χ3v) is 4.67. The lowest BCUT2D eigenvalue weighted by Crippen LogP contribution is -2.28. The molecule has 0 unspecified atom stereocenters. The molecule has 0 fully saturated rings. The predicted molar refractivity (Wildman–Crippen MR) is 83.9 cm³/mol. The highest BCUT2D eigenvalue weighted by atomic mass is 32.2. The maximum Gasteiger partial charge on any atom is 0.336 e. The van der Waals surface area contributed by atoms with Gasteiger partial charge in [0.2, 0.25) is 15.9 Å². The summed E-state index contributed by atoms with van der Waals surface area (Å²) in [5, 5.41) is 9.38. The lowest BCUT2D eigenvalue weighted by atomic mass is 9.91. The molecule has 1 amide bonds. The molecule has 0 aliphatic rings. The first-order valence-electron chi connectivity index (χ1n) is 6.65. The normalized spacial score (nSPS) is 11.3. The number of carbonyl (C=O) groups is 2. The smallest absolute Gasteiger partial charge is 0.336 e. The quantitative estimate of drug-likeness (QED) is 0.812. The minimum Gasteiger partial charge on any atom is -0.478 e. The summed E-state index contributed by atoms with van der Waals surface area (Å²) in [7, 11) is -2.30. The van der Waals surface area contributed by atoms with Gasteiger partial charge in [-0.15, -0.1) is 0 Å². The van der Waals surface area contributed by atoms with Crippen molar-refractivity contribution in [1.29, 1.82) is 0 Å². The van der Waals surface area contributed by atoms with Crippen LogP contribution in [0.3, 0.4) is 0 Å². The number of hydrogen-bond acceptors (Lipinski definition) is 4. The Morgan fingerprint density at radius 3 is 2.27 bits per heavy atom. The minimum absolute atomic E-state index is 0.0762. The molecule has 1 aromatic carbocycles. The summed E-state index contributed by atoms with van der Waals surface area (Å²) in [6.07, 6.45) is 1.99. The molecule has 0 saturated carbocycles. The molecule has 0 bridgehead atoms. The number of amides is 1. The Kier molecular flexibility index (Phi) is 5.18. The van der Waals surface area contributed by atoms with E-state index in [2.05, 4.69) is 0 Å². The number of nitrogens with zero attached hydrogens (tertiary/aromatic N) is 1. The van der Waals surface area contributed by atoms with Gasteiger partial charge in [0, 0.05) is 12.6 Å². The van der Waals surface area contributed by atoms with Crippen molar-refractivity contribution >= 4 is 27.6 Å². The van der Waals surface area contributed by atoms with Crippen molar-refractivity contribution in [2.24, 2.45) is 5.73 Å². The predicted octanol–water partition coefficient (Wildman–Crippen LogP) is 1.14. The van der Waals surface area contributed by atoms with Crippen molar-refractivity contribution in [2.75, 3.05) is 17.6 Å². The van der Waals surface area contributed by atoms with E-state index in [4.69, 9.17) is 5.73 Å². The fraction of sp³-hybridized carbons (Fsp3) is 0.429.